The third kappa shape index (κ3) is 1.70. The van der Waals surface area contributed by atoms with Crippen LogP contribution in [0.15, 0.2) is 17.1 Å². The summed E-state index contributed by atoms with van der Waals surface area (Å²) in [7, 11) is 1.87. The van der Waals surface area contributed by atoms with Gasteiger partial charge in [0.25, 0.3) is 0 Å². The first-order valence-electron chi connectivity index (χ1n) is 6.27. The average molecular weight is 231 g/mol. The molecule has 0 saturated heterocycles. The molecule has 0 aliphatic heterocycles. The predicted octanol–water partition coefficient (Wildman–Crippen LogP) is 2.63. The van der Waals surface area contributed by atoms with Crippen molar-refractivity contribution in [3.8, 4) is 0 Å². The van der Waals surface area contributed by atoms with Crippen LogP contribution in [0.5, 0.6) is 0 Å². The van der Waals surface area contributed by atoms with Gasteiger partial charge < -0.3 is 9.13 Å². The highest BCUT2D eigenvalue weighted by Gasteiger charge is 2.10. The number of imidazole rings is 1. The number of aryl methyl sites for hydroxylation is 4. The number of benzene rings is 1. The Bertz CT molecular complexity index is 564. The van der Waals surface area contributed by atoms with Gasteiger partial charge in [-0.2, -0.15) is 0 Å². The van der Waals surface area contributed by atoms with Gasteiger partial charge in [0.2, 0.25) is 5.62 Å². The summed E-state index contributed by atoms with van der Waals surface area (Å²) in [5.74, 6) is 0. The van der Waals surface area contributed by atoms with Crippen LogP contribution in [0.3, 0.4) is 0 Å². The Kier molecular flexibility index (Phi) is 3.09. The van der Waals surface area contributed by atoms with Gasteiger partial charge in [-0.15, -0.1) is 0 Å². The first-order valence-corrected chi connectivity index (χ1v) is 6.27. The van der Waals surface area contributed by atoms with E-state index in [9.17, 15) is 0 Å². The molecule has 17 heavy (non-hydrogen) atoms. The minimum absolute atomic E-state index is 0.957. The van der Waals surface area contributed by atoms with Gasteiger partial charge in [-0.3, -0.25) is 4.99 Å². The lowest BCUT2D eigenvalue weighted by molar-refractivity contribution is 0.647. The van der Waals surface area contributed by atoms with Gasteiger partial charge in [0, 0.05) is 20.1 Å². The molecule has 3 nitrogen and oxygen atoms in total. The number of fused-ring (bicyclic) bond motifs is 1. The van der Waals surface area contributed by atoms with E-state index >= 15 is 0 Å². The number of hydrogen-bond acceptors (Lipinski definition) is 1. The van der Waals surface area contributed by atoms with Gasteiger partial charge in [0.05, 0.1) is 11.0 Å². The summed E-state index contributed by atoms with van der Waals surface area (Å²) in [6.45, 7) is 10.6. The average Bonchev–Trinajstić information content (AvgIpc) is 2.62. The van der Waals surface area contributed by atoms with Crippen molar-refractivity contribution in [2.24, 2.45) is 4.99 Å². The molecule has 0 radical (unpaired) electrons. The van der Waals surface area contributed by atoms with Crippen LogP contribution in [-0.2, 0) is 13.1 Å². The molecule has 0 atom stereocenters. The molecular formula is C14H21N3. The highest BCUT2D eigenvalue weighted by atomic mass is 15.2. The summed E-state index contributed by atoms with van der Waals surface area (Å²) in [6, 6.07) is 4.55. The quantitative estimate of drug-likeness (QED) is 0.758. The Labute approximate surface area is 102 Å². The van der Waals surface area contributed by atoms with E-state index in [1.807, 2.05) is 7.05 Å². The summed E-state index contributed by atoms with van der Waals surface area (Å²) in [5.41, 5.74) is 6.33. The predicted molar refractivity (Wildman–Crippen MR) is 72.2 cm³/mol. The molecule has 1 heterocycles. The molecule has 1 aromatic heterocycles. The zero-order valence-electron chi connectivity index (χ0n) is 11.4. The van der Waals surface area contributed by atoms with Crippen LogP contribution in [0.4, 0.5) is 0 Å². The van der Waals surface area contributed by atoms with Crippen LogP contribution in [0.1, 0.15) is 25.0 Å². The monoisotopic (exact) mass is 231 g/mol. The van der Waals surface area contributed by atoms with Crippen LogP contribution in [0.2, 0.25) is 0 Å². The van der Waals surface area contributed by atoms with E-state index in [1.54, 1.807) is 0 Å². The fourth-order valence-electron chi connectivity index (χ4n) is 2.44. The van der Waals surface area contributed by atoms with E-state index in [1.165, 1.54) is 22.2 Å². The lowest BCUT2D eigenvalue weighted by Crippen LogP contribution is -2.24. The van der Waals surface area contributed by atoms with Crippen molar-refractivity contribution in [2.75, 3.05) is 7.05 Å². The summed E-state index contributed by atoms with van der Waals surface area (Å²) < 4.78 is 4.57. The van der Waals surface area contributed by atoms with E-state index in [0.717, 1.165) is 18.7 Å². The third-order valence-corrected chi connectivity index (χ3v) is 3.49. The zero-order valence-corrected chi connectivity index (χ0v) is 11.4. The molecular weight excluding hydrogens is 210 g/mol. The Morgan fingerprint density at radius 2 is 1.35 bits per heavy atom. The van der Waals surface area contributed by atoms with Gasteiger partial charge >= 0.3 is 0 Å². The van der Waals surface area contributed by atoms with E-state index < -0.39 is 0 Å². The van der Waals surface area contributed by atoms with Gasteiger partial charge in [-0.25, -0.2) is 0 Å². The highest BCUT2D eigenvalue weighted by Crippen LogP contribution is 2.18. The Morgan fingerprint density at radius 1 is 0.941 bits per heavy atom. The molecule has 0 aliphatic rings. The van der Waals surface area contributed by atoms with Crippen LogP contribution in [0.25, 0.3) is 11.0 Å². The Morgan fingerprint density at radius 3 is 1.65 bits per heavy atom. The van der Waals surface area contributed by atoms with Crippen molar-refractivity contribution >= 4 is 11.0 Å². The molecule has 0 N–H and O–H groups in total. The second-order valence-electron chi connectivity index (χ2n) is 4.44. The van der Waals surface area contributed by atoms with Crippen molar-refractivity contribution in [3.63, 3.8) is 0 Å². The number of aromatic nitrogens is 2. The summed E-state index contributed by atoms with van der Waals surface area (Å²) in [5, 5.41) is 0. The second kappa shape index (κ2) is 4.40. The fraction of sp³-hybridized carbons (Fsp3) is 0.500. The molecule has 0 unspecified atom stereocenters. The zero-order chi connectivity index (χ0) is 12.6. The van der Waals surface area contributed by atoms with Crippen molar-refractivity contribution in [2.45, 2.75) is 40.8 Å². The molecule has 0 fully saturated rings. The standard InChI is InChI=1S/C14H21N3/c1-6-16-12-8-10(3)11(4)9-13(12)17(7-2)14(16)15-5/h8-9H,6-7H2,1-5H3. The van der Waals surface area contributed by atoms with Gasteiger partial charge in [-0.05, 0) is 51.0 Å². The third-order valence-electron chi connectivity index (χ3n) is 3.49. The van der Waals surface area contributed by atoms with E-state index in [0.29, 0.717) is 0 Å². The van der Waals surface area contributed by atoms with Crippen molar-refractivity contribution in [1.82, 2.24) is 9.13 Å². The van der Waals surface area contributed by atoms with E-state index in [2.05, 4.69) is 54.0 Å². The van der Waals surface area contributed by atoms with Crippen molar-refractivity contribution in [1.29, 1.82) is 0 Å². The van der Waals surface area contributed by atoms with Crippen LogP contribution in [0, 0.1) is 13.8 Å². The molecule has 0 amide bonds. The molecule has 1 aromatic carbocycles. The molecule has 2 aromatic rings. The topological polar surface area (TPSA) is 22.2 Å². The Hall–Kier alpha value is -1.51. The van der Waals surface area contributed by atoms with E-state index in [-0.39, 0.29) is 0 Å². The van der Waals surface area contributed by atoms with Crippen LogP contribution < -0.4 is 5.62 Å². The SMILES string of the molecule is CCn1c(=NC)n(CC)c2cc(C)c(C)cc21. The maximum Gasteiger partial charge on any atom is 0.205 e. The van der Waals surface area contributed by atoms with Crippen LogP contribution >= 0.6 is 0 Å². The van der Waals surface area contributed by atoms with Gasteiger partial charge in [-0.1, -0.05) is 0 Å². The van der Waals surface area contributed by atoms with Crippen molar-refractivity contribution < 1.29 is 0 Å². The van der Waals surface area contributed by atoms with Crippen molar-refractivity contribution in [3.05, 3.63) is 28.9 Å². The summed E-state index contributed by atoms with van der Waals surface area (Å²) in [6.07, 6.45) is 0. The number of nitrogens with zero attached hydrogens (tertiary/aromatic N) is 3. The molecule has 0 aliphatic carbocycles. The molecule has 0 spiro atoms. The minimum Gasteiger partial charge on any atom is -0.310 e. The van der Waals surface area contributed by atoms with Gasteiger partial charge in [0.1, 0.15) is 0 Å². The second-order valence-corrected chi connectivity index (χ2v) is 4.44. The van der Waals surface area contributed by atoms with Crippen LogP contribution in [-0.4, -0.2) is 16.2 Å². The summed E-state index contributed by atoms with van der Waals surface area (Å²) >= 11 is 0. The first kappa shape index (κ1) is 12.0. The Balaban J connectivity index is 2.99. The number of hydrogen-bond donors (Lipinski definition) is 0. The first-order chi connectivity index (χ1) is 8.13. The maximum absolute atomic E-state index is 4.43. The fourth-order valence-corrected chi connectivity index (χ4v) is 2.44. The number of rotatable bonds is 2. The molecule has 92 valence electrons. The normalized spacial score (nSPS) is 11.1. The lowest BCUT2D eigenvalue weighted by atomic mass is 10.1. The molecule has 0 saturated carbocycles. The summed E-state index contributed by atoms with van der Waals surface area (Å²) in [4.78, 5) is 4.43. The van der Waals surface area contributed by atoms with Gasteiger partial charge in [0.15, 0.2) is 0 Å². The maximum atomic E-state index is 4.43. The highest BCUT2D eigenvalue weighted by molar-refractivity contribution is 5.78. The van der Waals surface area contributed by atoms with E-state index in [4.69, 9.17) is 0 Å². The molecule has 0 bridgehead atoms. The molecule has 2 rings (SSSR count). The molecule has 3 heteroatoms. The lowest BCUT2D eigenvalue weighted by Gasteiger charge is -2.03. The minimum atomic E-state index is 0.957. The largest absolute Gasteiger partial charge is 0.310 e. The smallest absolute Gasteiger partial charge is 0.205 e.